The monoisotopic (exact) mass is 214 g/mol. The van der Waals surface area contributed by atoms with Crippen LogP contribution in [0.4, 0.5) is 4.39 Å². The van der Waals surface area contributed by atoms with Crippen LogP contribution in [0, 0.1) is 5.82 Å². The van der Waals surface area contributed by atoms with Gasteiger partial charge < -0.3 is 9.84 Å². The number of hydrogen-bond donors (Lipinski definition) is 1. The summed E-state index contributed by atoms with van der Waals surface area (Å²) < 4.78 is 18.2. The Morgan fingerprint density at radius 1 is 1.47 bits per heavy atom. The molecule has 1 heterocycles. The first kappa shape index (κ1) is 11.4. The third-order valence-electron chi connectivity index (χ3n) is 1.78. The first-order valence-corrected chi connectivity index (χ1v) is 4.32. The maximum atomic E-state index is 13.5. The number of aromatic nitrogens is 2. The van der Waals surface area contributed by atoms with E-state index in [0.29, 0.717) is 0 Å². The Morgan fingerprint density at radius 3 is 2.47 bits per heavy atom. The van der Waals surface area contributed by atoms with E-state index in [1.807, 2.05) is 0 Å². The Kier molecular flexibility index (Phi) is 3.18. The van der Waals surface area contributed by atoms with Crippen LogP contribution in [0.5, 0.6) is 5.88 Å². The summed E-state index contributed by atoms with van der Waals surface area (Å²) in [5.74, 6) is -3.06. The van der Waals surface area contributed by atoms with Crippen LogP contribution in [0.25, 0.3) is 0 Å². The largest absolute Gasteiger partial charge is 0.479 e. The number of rotatable bonds is 3. The minimum Gasteiger partial charge on any atom is -0.479 e. The lowest BCUT2D eigenvalue weighted by molar-refractivity contribution is 0.0681. The molecule has 0 atom stereocenters. The van der Waals surface area contributed by atoms with Gasteiger partial charge in [-0.25, -0.2) is 9.78 Å². The molecule has 15 heavy (non-hydrogen) atoms. The second-order valence-electron chi connectivity index (χ2n) is 3.22. The van der Waals surface area contributed by atoms with E-state index < -0.39 is 17.6 Å². The van der Waals surface area contributed by atoms with E-state index >= 15 is 0 Å². The molecule has 0 fully saturated rings. The normalized spacial score (nSPS) is 10.5. The number of carbonyl (C=O) groups is 1. The smallest absolute Gasteiger partial charge is 0.374 e. The van der Waals surface area contributed by atoms with Crippen LogP contribution in [0.15, 0.2) is 0 Å². The second-order valence-corrected chi connectivity index (χ2v) is 3.22. The van der Waals surface area contributed by atoms with Crippen LogP contribution in [-0.2, 0) is 0 Å². The van der Waals surface area contributed by atoms with Crippen molar-refractivity contribution in [3.8, 4) is 5.88 Å². The fourth-order valence-corrected chi connectivity index (χ4v) is 1.06. The molecule has 0 spiro atoms. The van der Waals surface area contributed by atoms with Gasteiger partial charge in [-0.05, 0) is 5.92 Å². The topological polar surface area (TPSA) is 72.3 Å². The molecule has 0 aliphatic rings. The number of carboxylic acids is 1. The van der Waals surface area contributed by atoms with Gasteiger partial charge >= 0.3 is 5.97 Å². The van der Waals surface area contributed by atoms with Crippen LogP contribution < -0.4 is 4.74 Å². The number of ether oxygens (including phenoxy) is 1. The van der Waals surface area contributed by atoms with E-state index in [1.165, 1.54) is 7.11 Å². The zero-order valence-electron chi connectivity index (χ0n) is 8.61. The fourth-order valence-electron chi connectivity index (χ4n) is 1.06. The first-order valence-electron chi connectivity index (χ1n) is 4.32. The van der Waals surface area contributed by atoms with Crippen molar-refractivity contribution >= 4 is 5.97 Å². The number of nitrogens with zero attached hydrogens (tertiary/aromatic N) is 2. The van der Waals surface area contributed by atoms with Gasteiger partial charge in [0.1, 0.15) is 0 Å². The minimum atomic E-state index is -1.31. The maximum Gasteiger partial charge on any atom is 0.374 e. The van der Waals surface area contributed by atoms with Crippen molar-refractivity contribution in [2.24, 2.45) is 0 Å². The van der Waals surface area contributed by atoms with Crippen molar-refractivity contribution in [1.82, 2.24) is 9.97 Å². The number of methoxy groups -OCH3 is 1. The summed E-state index contributed by atoms with van der Waals surface area (Å²) in [5, 5.41) is 8.70. The first-order chi connectivity index (χ1) is 6.97. The average molecular weight is 214 g/mol. The molecule has 1 aromatic heterocycles. The summed E-state index contributed by atoms with van der Waals surface area (Å²) in [7, 11) is 1.22. The molecule has 1 rings (SSSR count). The van der Waals surface area contributed by atoms with Gasteiger partial charge in [0.05, 0.1) is 12.8 Å². The van der Waals surface area contributed by atoms with Crippen LogP contribution >= 0.6 is 0 Å². The summed E-state index contributed by atoms with van der Waals surface area (Å²) in [6.45, 7) is 3.41. The van der Waals surface area contributed by atoms with Gasteiger partial charge in [0, 0.05) is 0 Å². The van der Waals surface area contributed by atoms with Crippen molar-refractivity contribution in [3.05, 3.63) is 17.3 Å². The Morgan fingerprint density at radius 2 is 2.07 bits per heavy atom. The zero-order valence-corrected chi connectivity index (χ0v) is 8.61. The Hall–Kier alpha value is -1.72. The minimum absolute atomic E-state index is 0.0410. The predicted octanol–water partition coefficient (Wildman–Crippen LogP) is 1.45. The van der Waals surface area contributed by atoms with Gasteiger partial charge in [0.2, 0.25) is 11.6 Å². The van der Waals surface area contributed by atoms with Gasteiger partial charge in [0.25, 0.3) is 5.88 Å². The van der Waals surface area contributed by atoms with Crippen LogP contribution in [0.2, 0.25) is 0 Å². The number of hydrogen-bond acceptors (Lipinski definition) is 4. The van der Waals surface area contributed by atoms with Crippen LogP contribution in [0.1, 0.15) is 36.1 Å². The van der Waals surface area contributed by atoms with Gasteiger partial charge in [-0.15, -0.1) is 0 Å². The fraction of sp³-hybridized carbons (Fsp3) is 0.444. The molecular weight excluding hydrogens is 203 g/mol. The molecule has 1 aromatic rings. The Balaban J connectivity index is 3.38. The third kappa shape index (κ3) is 2.20. The quantitative estimate of drug-likeness (QED) is 0.824. The molecule has 0 saturated heterocycles. The SMILES string of the molecule is COc1nc(C(=O)O)nc(C(C)C)c1F. The van der Waals surface area contributed by atoms with Crippen molar-refractivity contribution in [3.63, 3.8) is 0 Å². The van der Waals surface area contributed by atoms with E-state index in [0.717, 1.165) is 0 Å². The molecule has 6 heteroatoms. The molecule has 82 valence electrons. The van der Waals surface area contributed by atoms with Crippen molar-refractivity contribution in [2.45, 2.75) is 19.8 Å². The predicted molar refractivity (Wildman–Crippen MR) is 49.6 cm³/mol. The standard InChI is InChI=1S/C9H11FN2O3/c1-4(2)6-5(10)8(15-3)12-7(11-6)9(13)14/h4H,1-3H3,(H,13,14). The molecule has 0 radical (unpaired) electrons. The molecule has 0 saturated carbocycles. The average Bonchev–Trinajstić information content (AvgIpc) is 2.17. The second kappa shape index (κ2) is 4.20. The van der Waals surface area contributed by atoms with Gasteiger partial charge in [-0.3, -0.25) is 0 Å². The van der Waals surface area contributed by atoms with E-state index in [2.05, 4.69) is 14.7 Å². The highest BCUT2D eigenvalue weighted by Gasteiger charge is 2.20. The summed E-state index contributed by atoms with van der Waals surface area (Å²) in [6.07, 6.45) is 0. The molecule has 0 aliphatic heterocycles. The highest BCUT2D eigenvalue weighted by atomic mass is 19.1. The lowest BCUT2D eigenvalue weighted by Crippen LogP contribution is -2.11. The van der Waals surface area contributed by atoms with E-state index in [9.17, 15) is 9.18 Å². The van der Waals surface area contributed by atoms with Crippen molar-refractivity contribution in [1.29, 1.82) is 0 Å². The highest BCUT2D eigenvalue weighted by molar-refractivity contribution is 5.83. The van der Waals surface area contributed by atoms with Gasteiger partial charge in [-0.2, -0.15) is 9.37 Å². The van der Waals surface area contributed by atoms with Crippen molar-refractivity contribution in [2.75, 3.05) is 7.11 Å². The zero-order chi connectivity index (χ0) is 11.6. The molecule has 0 aliphatic carbocycles. The molecule has 0 amide bonds. The summed E-state index contributed by atoms with van der Waals surface area (Å²) >= 11 is 0. The lowest BCUT2D eigenvalue weighted by Gasteiger charge is -2.09. The molecule has 1 N–H and O–H groups in total. The summed E-state index contributed by atoms with van der Waals surface area (Å²) in [5.41, 5.74) is 0.0410. The summed E-state index contributed by atoms with van der Waals surface area (Å²) in [4.78, 5) is 17.7. The number of halogens is 1. The number of carboxylic acid groups (broad SMARTS) is 1. The summed E-state index contributed by atoms with van der Waals surface area (Å²) in [6, 6.07) is 0. The van der Waals surface area contributed by atoms with Gasteiger partial charge in [-0.1, -0.05) is 13.8 Å². The third-order valence-corrected chi connectivity index (χ3v) is 1.78. The van der Waals surface area contributed by atoms with E-state index in [4.69, 9.17) is 5.11 Å². The molecule has 0 aromatic carbocycles. The molecule has 0 bridgehead atoms. The molecular formula is C9H11FN2O3. The van der Waals surface area contributed by atoms with Crippen LogP contribution in [0.3, 0.4) is 0 Å². The molecule has 0 unspecified atom stereocenters. The van der Waals surface area contributed by atoms with Gasteiger partial charge in [0.15, 0.2) is 0 Å². The Bertz CT molecular complexity index is 393. The Labute approximate surface area is 85.9 Å². The lowest BCUT2D eigenvalue weighted by atomic mass is 10.1. The van der Waals surface area contributed by atoms with E-state index in [1.54, 1.807) is 13.8 Å². The van der Waals surface area contributed by atoms with Crippen LogP contribution in [-0.4, -0.2) is 28.2 Å². The van der Waals surface area contributed by atoms with Crippen molar-refractivity contribution < 1.29 is 19.0 Å². The number of aromatic carboxylic acids is 1. The highest BCUT2D eigenvalue weighted by Crippen LogP contribution is 2.22. The van der Waals surface area contributed by atoms with E-state index in [-0.39, 0.29) is 17.5 Å². The molecule has 5 nitrogen and oxygen atoms in total. The maximum absolute atomic E-state index is 13.5.